The molecule has 0 aromatic rings. The number of aliphatic hydroxyl groups excluding tert-OH is 1. The third kappa shape index (κ3) is 13.5. The fraction of sp³-hybridized carbons (Fsp3) is 0.933. The number of hydrogen-bond acceptors (Lipinski definition) is 2. The molecule has 108 valence electrons. The van der Waals surface area contributed by atoms with Crippen LogP contribution in [0.1, 0.15) is 78.1 Å². The van der Waals surface area contributed by atoms with Gasteiger partial charge in [-0.2, -0.15) is 0 Å². The Balaban J connectivity index is 3.14. The smallest absolute Gasteiger partial charge is 0.305 e. The molecule has 2 N–H and O–H groups in total. The molecular formula is C15H30O3. The molecule has 3 nitrogen and oxygen atoms in total. The summed E-state index contributed by atoms with van der Waals surface area (Å²) < 4.78 is 0. The average molecular weight is 258 g/mol. The fourth-order valence-electron chi connectivity index (χ4n) is 2.12. The Bertz CT molecular complexity index is 202. The van der Waals surface area contributed by atoms with Crippen LogP contribution >= 0.6 is 0 Å². The number of carboxylic acids is 1. The largest absolute Gasteiger partial charge is 0.481 e. The number of carboxylic acid groups (broad SMARTS) is 1. The van der Waals surface area contributed by atoms with E-state index >= 15 is 0 Å². The zero-order valence-corrected chi connectivity index (χ0v) is 12.0. The van der Waals surface area contributed by atoms with Crippen LogP contribution in [0.4, 0.5) is 0 Å². The van der Waals surface area contributed by atoms with E-state index < -0.39 is 12.1 Å². The van der Waals surface area contributed by atoms with Gasteiger partial charge in [-0.25, -0.2) is 0 Å². The molecule has 0 heterocycles. The summed E-state index contributed by atoms with van der Waals surface area (Å²) in [5, 5.41) is 17.8. The van der Waals surface area contributed by atoms with Crippen molar-refractivity contribution >= 4 is 5.97 Å². The van der Waals surface area contributed by atoms with Crippen LogP contribution in [-0.4, -0.2) is 22.3 Å². The summed E-state index contributed by atoms with van der Waals surface area (Å²) in [4.78, 5) is 10.3. The average Bonchev–Trinajstić information content (AvgIpc) is 2.25. The molecule has 0 aliphatic heterocycles. The maximum absolute atomic E-state index is 10.3. The van der Waals surface area contributed by atoms with Crippen LogP contribution in [0.15, 0.2) is 0 Å². The van der Waals surface area contributed by atoms with E-state index in [0.717, 1.165) is 18.8 Å². The molecule has 0 aromatic carbocycles. The van der Waals surface area contributed by atoms with Gasteiger partial charge >= 0.3 is 5.97 Å². The summed E-state index contributed by atoms with van der Waals surface area (Å²) >= 11 is 0. The van der Waals surface area contributed by atoms with Gasteiger partial charge in [-0.15, -0.1) is 0 Å². The number of hydrogen-bond donors (Lipinski definition) is 2. The van der Waals surface area contributed by atoms with E-state index in [2.05, 4.69) is 13.8 Å². The molecule has 0 radical (unpaired) electrons. The molecule has 0 amide bonds. The quantitative estimate of drug-likeness (QED) is 0.520. The third-order valence-corrected chi connectivity index (χ3v) is 3.23. The van der Waals surface area contributed by atoms with Gasteiger partial charge in [0.05, 0.1) is 12.5 Å². The highest BCUT2D eigenvalue weighted by molar-refractivity contribution is 5.67. The molecule has 0 rings (SSSR count). The summed E-state index contributed by atoms with van der Waals surface area (Å²) in [6.45, 7) is 4.53. The number of carbonyl (C=O) groups is 1. The molecule has 0 saturated heterocycles. The van der Waals surface area contributed by atoms with Gasteiger partial charge in [-0.3, -0.25) is 4.79 Å². The lowest BCUT2D eigenvalue weighted by Crippen LogP contribution is -2.12. The number of aliphatic hydroxyl groups is 1. The van der Waals surface area contributed by atoms with E-state index in [-0.39, 0.29) is 6.42 Å². The lowest BCUT2D eigenvalue weighted by molar-refractivity contribution is -0.139. The minimum absolute atomic E-state index is 0.116. The minimum Gasteiger partial charge on any atom is -0.481 e. The first-order chi connectivity index (χ1) is 8.52. The molecule has 0 aromatic heterocycles. The molecule has 18 heavy (non-hydrogen) atoms. The topological polar surface area (TPSA) is 57.5 Å². The lowest BCUT2D eigenvalue weighted by Gasteiger charge is -2.07. The summed E-state index contributed by atoms with van der Waals surface area (Å²) in [5.74, 6) is -0.0895. The van der Waals surface area contributed by atoms with Crippen LogP contribution < -0.4 is 0 Å². The first-order valence-electron chi connectivity index (χ1n) is 7.42. The van der Waals surface area contributed by atoms with Crippen molar-refractivity contribution in [3.8, 4) is 0 Å². The Morgan fingerprint density at radius 2 is 1.33 bits per heavy atom. The van der Waals surface area contributed by atoms with Gasteiger partial charge in [0.25, 0.3) is 0 Å². The van der Waals surface area contributed by atoms with Gasteiger partial charge in [0.1, 0.15) is 0 Å². The van der Waals surface area contributed by atoms with Crippen LogP contribution in [0.5, 0.6) is 0 Å². The van der Waals surface area contributed by atoms with Crippen LogP contribution in [0.25, 0.3) is 0 Å². The van der Waals surface area contributed by atoms with Crippen molar-refractivity contribution in [2.75, 3.05) is 0 Å². The normalized spacial score (nSPS) is 12.9. The second-order valence-electron chi connectivity index (χ2n) is 5.70. The Kier molecular flexibility index (Phi) is 11.2. The van der Waals surface area contributed by atoms with Crippen molar-refractivity contribution in [2.24, 2.45) is 5.92 Å². The van der Waals surface area contributed by atoms with E-state index in [0.29, 0.717) is 6.42 Å². The highest BCUT2D eigenvalue weighted by Crippen LogP contribution is 2.13. The summed E-state index contributed by atoms with van der Waals surface area (Å²) in [5.41, 5.74) is 0. The number of aliphatic carboxylic acids is 1. The Morgan fingerprint density at radius 1 is 0.889 bits per heavy atom. The Morgan fingerprint density at radius 3 is 1.78 bits per heavy atom. The molecule has 0 saturated carbocycles. The molecule has 0 aliphatic rings. The van der Waals surface area contributed by atoms with Gasteiger partial charge in [-0.05, 0) is 12.3 Å². The summed E-state index contributed by atoms with van der Waals surface area (Å²) in [7, 11) is 0. The second kappa shape index (κ2) is 11.5. The van der Waals surface area contributed by atoms with Gasteiger partial charge < -0.3 is 10.2 Å². The van der Waals surface area contributed by atoms with Crippen LogP contribution in [0.3, 0.4) is 0 Å². The lowest BCUT2D eigenvalue weighted by atomic mass is 10.0. The second-order valence-corrected chi connectivity index (χ2v) is 5.70. The number of unbranched alkanes of at least 4 members (excludes halogenated alkanes) is 6. The van der Waals surface area contributed by atoms with Gasteiger partial charge in [-0.1, -0.05) is 65.2 Å². The van der Waals surface area contributed by atoms with E-state index in [9.17, 15) is 9.90 Å². The van der Waals surface area contributed by atoms with Crippen molar-refractivity contribution in [1.82, 2.24) is 0 Å². The molecule has 1 atom stereocenters. The van der Waals surface area contributed by atoms with E-state index in [1.165, 1.54) is 38.5 Å². The Hall–Kier alpha value is -0.570. The fourth-order valence-corrected chi connectivity index (χ4v) is 2.12. The standard InChI is InChI=1S/C15H30O3/c1-13(2)10-8-6-4-3-5-7-9-11-14(16)12-15(17)18/h13-14,16H,3-12H2,1-2H3,(H,17,18)/t14-/m1/s1. The van der Waals surface area contributed by atoms with Gasteiger partial charge in [0.15, 0.2) is 0 Å². The van der Waals surface area contributed by atoms with Gasteiger partial charge in [0.2, 0.25) is 0 Å². The van der Waals surface area contributed by atoms with Crippen molar-refractivity contribution < 1.29 is 15.0 Å². The van der Waals surface area contributed by atoms with Crippen molar-refractivity contribution in [3.63, 3.8) is 0 Å². The monoisotopic (exact) mass is 258 g/mol. The highest BCUT2D eigenvalue weighted by atomic mass is 16.4. The summed E-state index contributed by atoms with van der Waals surface area (Å²) in [6, 6.07) is 0. The predicted octanol–water partition coefficient (Wildman–Crippen LogP) is 3.99. The zero-order chi connectivity index (χ0) is 13.8. The highest BCUT2D eigenvalue weighted by Gasteiger charge is 2.08. The zero-order valence-electron chi connectivity index (χ0n) is 12.0. The molecule has 0 spiro atoms. The molecule has 0 bridgehead atoms. The van der Waals surface area contributed by atoms with Crippen LogP contribution in [0, 0.1) is 5.92 Å². The van der Waals surface area contributed by atoms with E-state index in [4.69, 9.17) is 5.11 Å². The van der Waals surface area contributed by atoms with Crippen molar-refractivity contribution in [2.45, 2.75) is 84.2 Å². The molecular weight excluding hydrogens is 228 g/mol. The molecule has 0 aliphatic carbocycles. The molecule has 0 fully saturated rings. The maximum atomic E-state index is 10.3. The summed E-state index contributed by atoms with van der Waals surface area (Å²) in [6.07, 6.45) is 9.71. The first-order valence-corrected chi connectivity index (χ1v) is 7.42. The van der Waals surface area contributed by atoms with E-state index in [1.807, 2.05) is 0 Å². The third-order valence-electron chi connectivity index (χ3n) is 3.23. The SMILES string of the molecule is CC(C)CCCCCCCCC[C@@H](O)CC(=O)O. The first kappa shape index (κ1) is 17.4. The van der Waals surface area contributed by atoms with E-state index in [1.54, 1.807) is 0 Å². The maximum Gasteiger partial charge on any atom is 0.305 e. The molecule has 0 unspecified atom stereocenters. The predicted molar refractivity (Wildman–Crippen MR) is 74.7 cm³/mol. The van der Waals surface area contributed by atoms with Gasteiger partial charge in [0, 0.05) is 0 Å². The van der Waals surface area contributed by atoms with Crippen LogP contribution in [-0.2, 0) is 4.79 Å². The number of rotatable bonds is 12. The Labute approximate surface area is 112 Å². The van der Waals surface area contributed by atoms with Crippen LogP contribution in [0.2, 0.25) is 0 Å². The molecule has 3 heteroatoms. The minimum atomic E-state index is -0.910. The van der Waals surface area contributed by atoms with Crippen molar-refractivity contribution in [1.29, 1.82) is 0 Å². The van der Waals surface area contributed by atoms with Crippen molar-refractivity contribution in [3.05, 3.63) is 0 Å².